The lowest BCUT2D eigenvalue weighted by Gasteiger charge is -2.11. The Bertz CT molecular complexity index is 656. The maximum Gasteiger partial charge on any atom is 0.230 e. The van der Waals surface area contributed by atoms with Crippen LogP contribution < -0.4 is 5.32 Å². The van der Waals surface area contributed by atoms with Crippen molar-refractivity contribution >= 4 is 17.7 Å². The average Bonchev–Trinajstić information content (AvgIpc) is 3.17. The van der Waals surface area contributed by atoms with Crippen LogP contribution in [0.3, 0.4) is 0 Å². The Balaban J connectivity index is 1.63. The van der Waals surface area contributed by atoms with Gasteiger partial charge in [0.1, 0.15) is 11.5 Å². The lowest BCUT2D eigenvalue weighted by atomic mass is 10.2. The molecule has 1 heterocycles. The first-order chi connectivity index (χ1) is 10.7. The second kappa shape index (κ2) is 6.87. The summed E-state index contributed by atoms with van der Waals surface area (Å²) in [5, 5.41) is 14.6. The molecule has 1 aliphatic carbocycles. The molecule has 3 rings (SSSR count). The van der Waals surface area contributed by atoms with Crippen molar-refractivity contribution in [2.75, 3.05) is 5.75 Å². The van der Waals surface area contributed by atoms with E-state index in [4.69, 9.17) is 0 Å². The van der Waals surface area contributed by atoms with Crippen LogP contribution in [0.4, 0.5) is 4.39 Å². The fraction of sp³-hybridized carbons (Fsp3) is 0.429. The van der Waals surface area contributed by atoms with E-state index in [2.05, 4.69) is 20.8 Å². The van der Waals surface area contributed by atoms with Crippen molar-refractivity contribution in [1.29, 1.82) is 0 Å². The molecule has 1 aromatic heterocycles. The largest absolute Gasteiger partial charge is 0.353 e. The highest BCUT2D eigenvalue weighted by atomic mass is 32.2. The van der Waals surface area contributed by atoms with Gasteiger partial charge in [0.15, 0.2) is 0 Å². The topological polar surface area (TPSA) is 72.7 Å². The van der Waals surface area contributed by atoms with Gasteiger partial charge in [-0.3, -0.25) is 4.79 Å². The minimum Gasteiger partial charge on any atom is -0.353 e. The van der Waals surface area contributed by atoms with Crippen molar-refractivity contribution in [3.8, 4) is 5.69 Å². The molecule has 116 valence electrons. The van der Waals surface area contributed by atoms with Crippen molar-refractivity contribution in [2.45, 2.75) is 36.9 Å². The van der Waals surface area contributed by atoms with Gasteiger partial charge in [-0.1, -0.05) is 36.7 Å². The van der Waals surface area contributed by atoms with Crippen LogP contribution in [-0.4, -0.2) is 37.9 Å². The predicted octanol–water partition coefficient (Wildman–Crippen LogP) is 1.95. The van der Waals surface area contributed by atoms with Crippen molar-refractivity contribution in [1.82, 2.24) is 25.5 Å². The van der Waals surface area contributed by atoms with Gasteiger partial charge in [0, 0.05) is 6.04 Å². The zero-order chi connectivity index (χ0) is 15.4. The number of halogens is 1. The summed E-state index contributed by atoms with van der Waals surface area (Å²) in [6.45, 7) is 0. The van der Waals surface area contributed by atoms with Crippen molar-refractivity contribution < 1.29 is 9.18 Å². The normalized spacial score (nSPS) is 15.1. The Kier molecular flexibility index (Phi) is 4.67. The van der Waals surface area contributed by atoms with E-state index in [9.17, 15) is 9.18 Å². The first-order valence-electron chi connectivity index (χ1n) is 7.19. The van der Waals surface area contributed by atoms with Gasteiger partial charge in [-0.2, -0.15) is 4.68 Å². The number of carbonyl (C=O) groups excluding carboxylic acids is 1. The molecular formula is C14H16FN5OS. The molecule has 0 unspecified atom stereocenters. The third-order valence-electron chi connectivity index (χ3n) is 3.57. The zero-order valence-corrected chi connectivity index (χ0v) is 12.7. The Morgan fingerprint density at radius 1 is 1.36 bits per heavy atom. The molecule has 1 fully saturated rings. The molecule has 0 saturated heterocycles. The highest BCUT2D eigenvalue weighted by molar-refractivity contribution is 7.99. The summed E-state index contributed by atoms with van der Waals surface area (Å²) in [4.78, 5) is 11.9. The highest BCUT2D eigenvalue weighted by Gasteiger charge is 2.18. The molecule has 8 heteroatoms. The number of benzene rings is 1. The number of hydrogen-bond donors (Lipinski definition) is 1. The molecule has 2 aromatic rings. The molecule has 1 amide bonds. The van der Waals surface area contributed by atoms with Gasteiger partial charge in [-0.15, -0.1) is 5.10 Å². The number of amides is 1. The first-order valence-corrected chi connectivity index (χ1v) is 8.18. The Morgan fingerprint density at radius 3 is 2.91 bits per heavy atom. The minimum atomic E-state index is -0.410. The van der Waals surface area contributed by atoms with E-state index >= 15 is 0 Å². The van der Waals surface area contributed by atoms with E-state index < -0.39 is 5.82 Å². The molecule has 0 bridgehead atoms. The van der Waals surface area contributed by atoms with Crippen LogP contribution in [0.15, 0.2) is 29.4 Å². The molecule has 1 saturated carbocycles. The maximum absolute atomic E-state index is 13.8. The monoisotopic (exact) mass is 321 g/mol. The maximum atomic E-state index is 13.8. The van der Waals surface area contributed by atoms with Gasteiger partial charge in [-0.25, -0.2) is 4.39 Å². The standard InChI is InChI=1S/C14H16FN5OS/c15-11-7-3-4-8-12(11)20-14(17-18-19-20)22-9-13(21)16-10-5-1-2-6-10/h3-4,7-8,10H,1-2,5-6,9H2,(H,16,21). The number of para-hydroxylation sites is 1. The fourth-order valence-electron chi connectivity index (χ4n) is 2.51. The van der Waals surface area contributed by atoms with E-state index in [-0.39, 0.29) is 23.4 Å². The quantitative estimate of drug-likeness (QED) is 0.852. The van der Waals surface area contributed by atoms with Gasteiger partial charge in [0.25, 0.3) is 0 Å². The Morgan fingerprint density at radius 2 is 2.14 bits per heavy atom. The van der Waals surface area contributed by atoms with E-state index in [0.29, 0.717) is 5.16 Å². The molecule has 1 aromatic carbocycles. The van der Waals surface area contributed by atoms with Crippen LogP contribution in [0.1, 0.15) is 25.7 Å². The van der Waals surface area contributed by atoms with Gasteiger partial charge >= 0.3 is 0 Å². The number of nitrogens with one attached hydrogen (secondary N) is 1. The van der Waals surface area contributed by atoms with Crippen molar-refractivity contribution in [2.24, 2.45) is 0 Å². The summed E-state index contributed by atoms with van der Waals surface area (Å²) in [5.41, 5.74) is 0.270. The van der Waals surface area contributed by atoms with E-state index in [1.54, 1.807) is 18.2 Å². The average molecular weight is 321 g/mol. The molecule has 22 heavy (non-hydrogen) atoms. The second-order valence-electron chi connectivity index (χ2n) is 5.16. The highest BCUT2D eigenvalue weighted by Crippen LogP contribution is 2.21. The van der Waals surface area contributed by atoms with Crippen LogP contribution in [0.2, 0.25) is 0 Å². The number of rotatable bonds is 5. The Labute approximate surface area is 131 Å². The number of tetrazole rings is 1. The van der Waals surface area contributed by atoms with Crippen LogP contribution in [-0.2, 0) is 4.79 Å². The number of thioether (sulfide) groups is 1. The first kappa shape index (κ1) is 15.0. The van der Waals surface area contributed by atoms with Crippen molar-refractivity contribution in [3.63, 3.8) is 0 Å². The lowest BCUT2D eigenvalue weighted by Crippen LogP contribution is -2.33. The van der Waals surface area contributed by atoms with Crippen molar-refractivity contribution in [3.05, 3.63) is 30.1 Å². The minimum absolute atomic E-state index is 0.0417. The lowest BCUT2D eigenvalue weighted by molar-refractivity contribution is -0.119. The van der Waals surface area contributed by atoms with E-state index in [1.165, 1.54) is 35.4 Å². The van der Waals surface area contributed by atoms with Crippen LogP contribution in [0, 0.1) is 5.82 Å². The van der Waals surface area contributed by atoms with E-state index in [1.807, 2.05) is 0 Å². The smallest absolute Gasteiger partial charge is 0.230 e. The van der Waals surface area contributed by atoms with Crippen LogP contribution >= 0.6 is 11.8 Å². The summed E-state index contributed by atoms with van der Waals surface area (Å²) in [6.07, 6.45) is 4.43. The molecule has 1 aliphatic rings. The summed E-state index contributed by atoms with van der Waals surface area (Å²) in [7, 11) is 0. The summed E-state index contributed by atoms with van der Waals surface area (Å²) in [5.74, 6) is -0.238. The van der Waals surface area contributed by atoms with Gasteiger partial charge in [0.2, 0.25) is 11.1 Å². The van der Waals surface area contributed by atoms with Crippen LogP contribution in [0.25, 0.3) is 5.69 Å². The summed E-state index contributed by atoms with van der Waals surface area (Å²) < 4.78 is 15.1. The fourth-order valence-corrected chi connectivity index (χ4v) is 3.21. The molecular weight excluding hydrogens is 305 g/mol. The summed E-state index contributed by atoms with van der Waals surface area (Å²) >= 11 is 1.20. The molecule has 1 N–H and O–H groups in total. The Hall–Kier alpha value is -1.96. The predicted molar refractivity (Wildman–Crippen MR) is 80.2 cm³/mol. The molecule has 0 atom stereocenters. The molecule has 0 aliphatic heterocycles. The number of nitrogens with zero attached hydrogens (tertiary/aromatic N) is 4. The van der Waals surface area contributed by atoms with Gasteiger partial charge < -0.3 is 5.32 Å². The zero-order valence-electron chi connectivity index (χ0n) is 11.9. The molecule has 0 spiro atoms. The van der Waals surface area contributed by atoms with Gasteiger partial charge in [0.05, 0.1) is 5.75 Å². The SMILES string of the molecule is O=C(CSc1nnnn1-c1ccccc1F)NC1CCCC1. The molecule has 6 nitrogen and oxygen atoms in total. The summed E-state index contributed by atoms with van der Waals surface area (Å²) in [6, 6.07) is 6.54. The second-order valence-corrected chi connectivity index (χ2v) is 6.10. The van der Waals surface area contributed by atoms with Gasteiger partial charge in [-0.05, 0) is 35.4 Å². The third-order valence-corrected chi connectivity index (χ3v) is 4.49. The van der Waals surface area contributed by atoms with Crippen LogP contribution in [0.5, 0.6) is 0 Å². The van der Waals surface area contributed by atoms with E-state index in [0.717, 1.165) is 12.8 Å². The number of carbonyl (C=O) groups is 1. The third kappa shape index (κ3) is 3.44. The number of aromatic nitrogens is 4. The molecule has 0 radical (unpaired) electrons. The number of hydrogen-bond acceptors (Lipinski definition) is 5.